The summed E-state index contributed by atoms with van der Waals surface area (Å²) in [6.45, 7) is 4.37. The first kappa shape index (κ1) is 21.9. The Morgan fingerprint density at radius 2 is 1.39 bits per heavy atom. The van der Waals surface area contributed by atoms with Crippen molar-refractivity contribution in [2.45, 2.75) is 32.5 Å². The molecule has 156 valence electrons. The van der Waals surface area contributed by atoms with E-state index < -0.39 is 0 Å². The van der Waals surface area contributed by atoms with Gasteiger partial charge in [-0.1, -0.05) is 91.0 Å². The summed E-state index contributed by atoms with van der Waals surface area (Å²) < 4.78 is 0. The molecule has 1 amide bonds. The van der Waals surface area contributed by atoms with Gasteiger partial charge in [0.05, 0.1) is 6.04 Å². The fourth-order valence-electron chi connectivity index (χ4n) is 3.41. The van der Waals surface area contributed by atoms with Crippen LogP contribution in [0.15, 0.2) is 103 Å². The second kappa shape index (κ2) is 10.8. The highest BCUT2D eigenvalue weighted by molar-refractivity contribution is 5.97. The van der Waals surface area contributed by atoms with Gasteiger partial charge in [0, 0.05) is 18.8 Å². The largest absolute Gasteiger partial charge is 0.379 e. The summed E-state index contributed by atoms with van der Waals surface area (Å²) in [5.74, 6) is -0.284. The van der Waals surface area contributed by atoms with Crippen molar-refractivity contribution in [3.05, 3.63) is 119 Å². The topological polar surface area (TPSA) is 56.1 Å². The maximum Gasteiger partial charge on any atom is 0.266 e. The molecule has 0 bridgehead atoms. The van der Waals surface area contributed by atoms with E-state index in [1.54, 1.807) is 11.1 Å². The van der Waals surface area contributed by atoms with Gasteiger partial charge in [-0.15, -0.1) is 0 Å². The first-order valence-corrected chi connectivity index (χ1v) is 10.4. The fraction of sp³-hybridized carbons (Fsp3) is 0.185. The summed E-state index contributed by atoms with van der Waals surface area (Å²) in [6, 6.07) is 31.7. The lowest BCUT2D eigenvalue weighted by molar-refractivity contribution is -0.129. The highest BCUT2D eigenvalue weighted by Crippen LogP contribution is 2.22. The van der Waals surface area contributed by atoms with Crippen molar-refractivity contribution < 1.29 is 4.79 Å². The molecule has 0 spiro atoms. The molecular weight excluding hydrogens is 382 g/mol. The van der Waals surface area contributed by atoms with E-state index in [0.29, 0.717) is 6.54 Å². The van der Waals surface area contributed by atoms with Crippen LogP contribution in [0.25, 0.3) is 0 Å². The van der Waals surface area contributed by atoms with E-state index in [2.05, 4.69) is 11.4 Å². The number of rotatable bonds is 8. The predicted octanol–water partition coefficient (Wildman–Crippen LogP) is 5.21. The van der Waals surface area contributed by atoms with Crippen LogP contribution in [0, 0.1) is 11.3 Å². The number of nitrogens with zero attached hydrogens (tertiary/aromatic N) is 2. The van der Waals surface area contributed by atoms with Gasteiger partial charge in [0.1, 0.15) is 11.6 Å². The van der Waals surface area contributed by atoms with Gasteiger partial charge in [0.25, 0.3) is 5.91 Å². The van der Waals surface area contributed by atoms with E-state index in [9.17, 15) is 10.1 Å². The summed E-state index contributed by atoms with van der Waals surface area (Å²) in [6.07, 6.45) is 1.55. The first-order chi connectivity index (χ1) is 15.1. The molecule has 4 heteroatoms. The smallest absolute Gasteiger partial charge is 0.266 e. The minimum absolute atomic E-state index is 0.0384. The van der Waals surface area contributed by atoms with Crippen molar-refractivity contribution in [3.8, 4) is 6.07 Å². The highest BCUT2D eigenvalue weighted by atomic mass is 16.2. The molecule has 0 unspecified atom stereocenters. The summed E-state index contributed by atoms with van der Waals surface area (Å²) >= 11 is 0. The molecule has 0 atom stereocenters. The Labute approximate surface area is 184 Å². The van der Waals surface area contributed by atoms with E-state index >= 15 is 0 Å². The van der Waals surface area contributed by atoms with E-state index in [0.717, 1.165) is 16.7 Å². The Bertz CT molecular complexity index is 999. The molecule has 0 aromatic heterocycles. The zero-order valence-electron chi connectivity index (χ0n) is 17.9. The molecule has 1 N–H and O–H groups in total. The molecule has 0 heterocycles. The van der Waals surface area contributed by atoms with Gasteiger partial charge in [-0.25, -0.2) is 0 Å². The molecule has 3 aromatic carbocycles. The second-order valence-corrected chi connectivity index (χ2v) is 7.60. The standard InChI is InChI=1S/C27H27N3O/c1-21(2)30(20-22-12-6-3-7-13-22)27(31)25(18-28)19-29-26(23-14-8-4-9-15-23)24-16-10-5-11-17-24/h3-17,19,21,26,29H,20H2,1-2H3/b25-19-. The van der Waals surface area contributed by atoms with Crippen molar-refractivity contribution in [2.24, 2.45) is 0 Å². The summed E-state index contributed by atoms with van der Waals surface area (Å²) in [4.78, 5) is 14.9. The third-order valence-electron chi connectivity index (χ3n) is 5.09. The van der Waals surface area contributed by atoms with Crippen LogP contribution < -0.4 is 5.32 Å². The van der Waals surface area contributed by atoms with Crippen LogP contribution in [-0.2, 0) is 11.3 Å². The number of hydrogen-bond donors (Lipinski definition) is 1. The van der Waals surface area contributed by atoms with Crippen molar-refractivity contribution in [1.29, 1.82) is 5.26 Å². The number of nitriles is 1. The minimum atomic E-state index is -0.284. The average molecular weight is 410 g/mol. The third kappa shape index (κ3) is 5.83. The normalized spacial score (nSPS) is 11.3. The molecule has 0 saturated carbocycles. The zero-order valence-corrected chi connectivity index (χ0v) is 17.9. The van der Waals surface area contributed by atoms with Crippen molar-refractivity contribution in [2.75, 3.05) is 0 Å². The Hall–Kier alpha value is -3.84. The van der Waals surface area contributed by atoms with Gasteiger partial charge in [-0.2, -0.15) is 5.26 Å². The van der Waals surface area contributed by atoms with Crippen molar-refractivity contribution >= 4 is 5.91 Å². The number of carbonyl (C=O) groups is 1. The van der Waals surface area contributed by atoms with Crippen molar-refractivity contribution in [3.63, 3.8) is 0 Å². The molecule has 31 heavy (non-hydrogen) atoms. The molecule has 3 aromatic rings. The third-order valence-corrected chi connectivity index (χ3v) is 5.09. The fourth-order valence-corrected chi connectivity index (χ4v) is 3.41. The molecule has 0 aliphatic carbocycles. The molecule has 0 radical (unpaired) electrons. The quantitative estimate of drug-likeness (QED) is 0.410. The molecule has 0 aliphatic heterocycles. The number of nitrogens with one attached hydrogen (secondary N) is 1. The Kier molecular flexibility index (Phi) is 7.61. The number of amides is 1. The van der Waals surface area contributed by atoms with Gasteiger partial charge < -0.3 is 10.2 Å². The molecule has 0 fully saturated rings. The van der Waals surface area contributed by atoms with Gasteiger partial charge in [-0.3, -0.25) is 4.79 Å². The molecular formula is C27H27N3O. The first-order valence-electron chi connectivity index (χ1n) is 10.4. The van der Waals surface area contributed by atoms with E-state index in [-0.39, 0.29) is 23.6 Å². The number of carbonyl (C=O) groups excluding carboxylic acids is 1. The van der Waals surface area contributed by atoms with Crippen LogP contribution in [0.5, 0.6) is 0 Å². The number of hydrogen-bond acceptors (Lipinski definition) is 3. The van der Waals surface area contributed by atoms with Crippen LogP contribution >= 0.6 is 0 Å². The Morgan fingerprint density at radius 1 is 0.903 bits per heavy atom. The lowest BCUT2D eigenvalue weighted by Gasteiger charge is -2.27. The van der Waals surface area contributed by atoms with Gasteiger partial charge in [0.2, 0.25) is 0 Å². The average Bonchev–Trinajstić information content (AvgIpc) is 2.81. The maximum absolute atomic E-state index is 13.2. The highest BCUT2D eigenvalue weighted by Gasteiger charge is 2.22. The van der Waals surface area contributed by atoms with Gasteiger partial charge in [0.15, 0.2) is 0 Å². The van der Waals surface area contributed by atoms with Crippen LogP contribution in [0.4, 0.5) is 0 Å². The molecule has 3 rings (SSSR count). The Balaban J connectivity index is 1.86. The zero-order chi connectivity index (χ0) is 22.1. The monoisotopic (exact) mass is 409 g/mol. The summed E-state index contributed by atoms with van der Waals surface area (Å²) in [7, 11) is 0. The van der Waals surface area contributed by atoms with Gasteiger partial charge >= 0.3 is 0 Å². The number of benzene rings is 3. The molecule has 0 saturated heterocycles. The lowest BCUT2D eigenvalue weighted by Crippen LogP contribution is -2.37. The minimum Gasteiger partial charge on any atom is -0.379 e. The van der Waals surface area contributed by atoms with E-state index in [1.165, 1.54) is 0 Å². The lowest BCUT2D eigenvalue weighted by atomic mass is 9.99. The Morgan fingerprint density at radius 3 is 1.84 bits per heavy atom. The van der Waals surface area contributed by atoms with E-state index in [1.807, 2.05) is 105 Å². The second-order valence-electron chi connectivity index (χ2n) is 7.60. The molecule has 0 aliphatic rings. The maximum atomic E-state index is 13.2. The van der Waals surface area contributed by atoms with Crippen LogP contribution in [0.2, 0.25) is 0 Å². The van der Waals surface area contributed by atoms with Crippen LogP contribution in [-0.4, -0.2) is 16.8 Å². The van der Waals surface area contributed by atoms with E-state index in [4.69, 9.17) is 0 Å². The summed E-state index contributed by atoms with van der Waals surface area (Å²) in [5.41, 5.74) is 3.22. The SMILES string of the molecule is CC(C)N(Cc1ccccc1)C(=O)/C(C#N)=C\NC(c1ccccc1)c1ccccc1. The van der Waals surface area contributed by atoms with Crippen LogP contribution in [0.1, 0.15) is 36.6 Å². The van der Waals surface area contributed by atoms with Crippen LogP contribution in [0.3, 0.4) is 0 Å². The van der Waals surface area contributed by atoms with Gasteiger partial charge in [-0.05, 0) is 30.5 Å². The molecule has 4 nitrogen and oxygen atoms in total. The van der Waals surface area contributed by atoms with Crippen molar-refractivity contribution in [1.82, 2.24) is 10.2 Å². The predicted molar refractivity (Wildman–Crippen MR) is 124 cm³/mol. The summed E-state index contributed by atoms with van der Waals surface area (Å²) in [5, 5.41) is 13.1.